The summed E-state index contributed by atoms with van der Waals surface area (Å²) in [5.74, 6) is 0.715. The van der Waals surface area contributed by atoms with Crippen LogP contribution in [-0.4, -0.2) is 47.4 Å². The molecule has 36 heavy (non-hydrogen) atoms. The van der Waals surface area contributed by atoms with Crippen molar-refractivity contribution in [3.63, 3.8) is 0 Å². The number of hydrogen-bond acceptors (Lipinski definition) is 6. The molecule has 0 spiro atoms. The zero-order valence-corrected chi connectivity index (χ0v) is 21.3. The lowest BCUT2D eigenvalue weighted by atomic mass is 9.99. The van der Waals surface area contributed by atoms with E-state index in [1.54, 1.807) is 16.2 Å². The first-order chi connectivity index (χ1) is 17.4. The molecule has 0 saturated carbocycles. The largest absolute Gasteiger partial charge is 0.490 e. The van der Waals surface area contributed by atoms with Gasteiger partial charge in [-0.25, -0.2) is 14.8 Å². The number of carbonyl (C=O) groups excluding carboxylic acids is 1. The van der Waals surface area contributed by atoms with Gasteiger partial charge >= 0.3 is 6.03 Å². The fourth-order valence-electron chi connectivity index (χ4n) is 4.91. The zero-order chi connectivity index (χ0) is 25.2. The van der Waals surface area contributed by atoms with Crippen LogP contribution in [0.5, 0.6) is 5.75 Å². The smallest absolute Gasteiger partial charge is 0.343 e. The van der Waals surface area contributed by atoms with Gasteiger partial charge in [0.1, 0.15) is 16.8 Å². The number of nitrogens with two attached hydrogens (primary N) is 1. The van der Waals surface area contributed by atoms with Crippen LogP contribution in [0.3, 0.4) is 0 Å². The molecule has 1 saturated heterocycles. The predicted octanol–water partition coefficient (Wildman–Crippen LogP) is 5.39. The maximum Gasteiger partial charge on any atom is 0.343 e. The number of fused-ring (bicyclic) bond motifs is 1. The minimum atomic E-state index is -0.193. The molecule has 0 radical (unpaired) electrons. The van der Waals surface area contributed by atoms with Gasteiger partial charge < -0.3 is 15.4 Å². The van der Waals surface area contributed by atoms with Gasteiger partial charge in [-0.2, -0.15) is 5.26 Å². The van der Waals surface area contributed by atoms with E-state index in [9.17, 15) is 10.1 Å². The maximum absolute atomic E-state index is 12.4. The van der Waals surface area contributed by atoms with Gasteiger partial charge in [0, 0.05) is 43.0 Å². The van der Waals surface area contributed by atoms with E-state index in [1.807, 2.05) is 44.5 Å². The summed E-state index contributed by atoms with van der Waals surface area (Å²) in [7, 11) is 0. The number of amides is 2. The Labute approximate surface area is 215 Å². The van der Waals surface area contributed by atoms with Crippen LogP contribution in [0.15, 0.2) is 47.6 Å². The van der Waals surface area contributed by atoms with Crippen molar-refractivity contribution in [2.24, 2.45) is 10.7 Å². The molecule has 2 N–H and O–H groups in total. The van der Waals surface area contributed by atoms with Crippen LogP contribution in [0.1, 0.15) is 49.3 Å². The first kappa shape index (κ1) is 24.2. The third-order valence-electron chi connectivity index (χ3n) is 6.66. The molecule has 1 unspecified atom stereocenters. The minimum absolute atomic E-state index is 0.0000916. The molecular formula is C28H29N5O2S. The zero-order valence-electron chi connectivity index (χ0n) is 20.5. The van der Waals surface area contributed by atoms with Crippen LogP contribution in [0, 0.1) is 11.3 Å². The molecule has 1 aliphatic heterocycles. The molecular weight excluding hydrogens is 470 g/mol. The first-order valence-electron chi connectivity index (χ1n) is 12.3. The van der Waals surface area contributed by atoms with E-state index >= 15 is 0 Å². The summed E-state index contributed by atoms with van der Waals surface area (Å²) >= 11 is 1.61. The van der Waals surface area contributed by atoms with Gasteiger partial charge in [-0.05, 0) is 68.0 Å². The second-order valence-corrected chi connectivity index (χ2v) is 10.6. The van der Waals surface area contributed by atoms with Crippen molar-refractivity contribution in [1.29, 1.82) is 5.26 Å². The second kappa shape index (κ2) is 10.2. The van der Waals surface area contributed by atoms with Crippen LogP contribution in [0.4, 0.5) is 4.79 Å². The van der Waals surface area contributed by atoms with Crippen molar-refractivity contribution in [2.45, 2.75) is 51.2 Å². The summed E-state index contributed by atoms with van der Waals surface area (Å²) in [5.41, 5.74) is 11.0. The van der Waals surface area contributed by atoms with Crippen molar-refractivity contribution in [1.82, 2.24) is 9.88 Å². The number of ether oxygens (including phenoxy) is 1. The van der Waals surface area contributed by atoms with E-state index in [4.69, 9.17) is 10.5 Å². The summed E-state index contributed by atoms with van der Waals surface area (Å²) in [5, 5.41) is 10.4. The predicted molar refractivity (Wildman–Crippen MR) is 143 cm³/mol. The minimum Gasteiger partial charge on any atom is -0.490 e. The second-order valence-electron chi connectivity index (χ2n) is 9.59. The Morgan fingerprint density at radius 1 is 1.33 bits per heavy atom. The topological polar surface area (TPSA) is 105 Å². The normalized spacial score (nSPS) is 19.1. The molecule has 7 nitrogen and oxygen atoms in total. The molecule has 3 aromatic rings. The number of hydrogen-bond donors (Lipinski definition) is 1. The van der Waals surface area contributed by atoms with Gasteiger partial charge in [-0.3, -0.25) is 0 Å². The summed E-state index contributed by atoms with van der Waals surface area (Å²) in [6.07, 6.45) is 6.41. The molecule has 8 heteroatoms. The highest BCUT2D eigenvalue weighted by Gasteiger charge is 2.26. The molecule has 2 amide bonds. The van der Waals surface area contributed by atoms with Crippen LogP contribution < -0.4 is 10.5 Å². The van der Waals surface area contributed by atoms with Gasteiger partial charge in [0.25, 0.3) is 0 Å². The molecule has 2 aliphatic rings. The molecule has 0 bridgehead atoms. The summed E-state index contributed by atoms with van der Waals surface area (Å²) in [4.78, 5) is 24.2. The lowest BCUT2D eigenvalue weighted by molar-refractivity contribution is 0.218. The van der Waals surface area contributed by atoms with Crippen molar-refractivity contribution in [3.8, 4) is 32.8 Å². The average Bonchev–Trinajstić information content (AvgIpc) is 3.62. The average molecular weight is 500 g/mol. The molecule has 2 atom stereocenters. The fraction of sp³-hybridized carbons (Fsp3) is 0.357. The molecule has 2 aromatic carbocycles. The van der Waals surface area contributed by atoms with E-state index in [0.29, 0.717) is 24.4 Å². The number of thiazole rings is 1. The Bertz CT molecular complexity index is 1360. The van der Waals surface area contributed by atoms with Crippen LogP contribution in [0.2, 0.25) is 0 Å². The number of aromatic nitrogens is 1. The van der Waals surface area contributed by atoms with E-state index < -0.39 is 0 Å². The Kier molecular flexibility index (Phi) is 6.86. The van der Waals surface area contributed by atoms with Crippen LogP contribution >= 0.6 is 11.3 Å². The number of benzene rings is 2. The van der Waals surface area contributed by atoms with Gasteiger partial charge in [-0.1, -0.05) is 18.2 Å². The quantitative estimate of drug-likeness (QED) is 0.474. The Morgan fingerprint density at radius 3 is 2.94 bits per heavy atom. The van der Waals surface area contributed by atoms with Crippen molar-refractivity contribution >= 4 is 23.6 Å². The van der Waals surface area contributed by atoms with Crippen LogP contribution in [0.25, 0.3) is 21.0 Å². The van der Waals surface area contributed by atoms with E-state index in [2.05, 4.69) is 34.2 Å². The molecule has 5 rings (SSSR count). The monoisotopic (exact) mass is 499 g/mol. The summed E-state index contributed by atoms with van der Waals surface area (Å²) < 4.78 is 5.75. The van der Waals surface area contributed by atoms with Gasteiger partial charge in [-0.15, -0.1) is 11.3 Å². The lowest BCUT2D eigenvalue weighted by Gasteiger charge is -2.12. The number of likely N-dealkylation sites (tertiary alicyclic amines) is 1. The standard InChI is InChI=1S/C28H29N5O2S/c1-17(2)35-25-9-7-18(12-20(25)13-29)27-31-15-26(36-27)24-5-3-4-22-19(6-8-23(22)24)14-32-28(34)33-11-10-21(30)16-33/h3-5,7,9,12,14-15,17,19,21H,6,8,10-11,16,30H2,1-2H3/t19?,21-/m0/s1. The lowest BCUT2D eigenvalue weighted by Crippen LogP contribution is -2.30. The third kappa shape index (κ3) is 4.90. The number of nitriles is 1. The molecule has 1 aromatic heterocycles. The Morgan fingerprint density at radius 2 is 2.19 bits per heavy atom. The highest BCUT2D eigenvalue weighted by Crippen LogP contribution is 2.41. The maximum atomic E-state index is 12.4. The number of urea groups is 1. The SMILES string of the molecule is CC(C)Oc1ccc(-c2ncc(-c3cccc4c3CCC4C=NC(=O)N3CC[C@H](N)C3)s2)cc1C#N. The first-order valence-corrected chi connectivity index (χ1v) is 13.1. The molecule has 2 heterocycles. The Balaban J connectivity index is 1.36. The van der Waals surface area contributed by atoms with E-state index in [-0.39, 0.29) is 24.1 Å². The number of nitrogens with zero attached hydrogens (tertiary/aromatic N) is 4. The summed E-state index contributed by atoms with van der Waals surface area (Å²) in [6.45, 7) is 5.15. The van der Waals surface area contributed by atoms with Crippen molar-refractivity contribution in [3.05, 3.63) is 59.3 Å². The van der Waals surface area contributed by atoms with E-state index in [0.717, 1.165) is 34.7 Å². The highest BCUT2D eigenvalue weighted by atomic mass is 32.1. The van der Waals surface area contributed by atoms with Gasteiger partial charge in [0.2, 0.25) is 0 Å². The number of carbonyl (C=O) groups is 1. The molecule has 1 aliphatic carbocycles. The number of rotatable bonds is 5. The van der Waals surface area contributed by atoms with Crippen LogP contribution in [-0.2, 0) is 6.42 Å². The van der Waals surface area contributed by atoms with Crippen molar-refractivity contribution < 1.29 is 9.53 Å². The molecule has 1 fully saturated rings. The van der Waals surface area contributed by atoms with Gasteiger partial charge in [0.15, 0.2) is 0 Å². The Hall–Kier alpha value is -3.54. The molecule has 184 valence electrons. The highest BCUT2D eigenvalue weighted by molar-refractivity contribution is 7.18. The fourth-order valence-corrected chi connectivity index (χ4v) is 5.87. The third-order valence-corrected chi connectivity index (χ3v) is 7.74. The van der Waals surface area contributed by atoms with Gasteiger partial charge in [0.05, 0.1) is 16.5 Å². The summed E-state index contributed by atoms with van der Waals surface area (Å²) in [6, 6.07) is 14.1. The van der Waals surface area contributed by atoms with E-state index in [1.165, 1.54) is 16.7 Å². The number of aliphatic imine (C=N–C) groups is 1. The van der Waals surface area contributed by atoms with Crippen molar-refractivity contribution in [2.75, 3.05) is 13.1 Å².